The molecule has 2 aromatic heterocycles. The number of nitrogen functional groups attached to an aromatic ring is 1. The molecule has 90 valence electrons. The van der Waals surface area contributed by atoms with Gasteiger partial charge in [-0.1, -0.05) is 12.1 Å². The molecule has 4 heteroatoms. The molecule has 0 radical (unpaired) electrons. The maximum atomic E-state index is 5.68. The molecule has 3 N–H and O–H groups in total. The Labute approximate surface area is 113 Å². The average Bonchev–Trinajstić information content (AvgIpc) is 2.69. The van der Waals surface area contributed by atoms with E-state index in [9.17, 15) is 0 Å². The molecule has 0 bridgehead atoms. The molecule has 0 aliphatic heterocycles. The molecular weight excluding hydrogens is 290 g/mol. The number of aromatic nitrogens is 2. The molecule has 0 saturated heterocycles. The Morgan fingerprint density at radius 1 is 1.22 bits per heavy atom. The van der Waals surface area contributed by atoms with Crippen LogP contribution in [0.2, 0.25) is 0 Å². The number of aromatic amines is 1. The molecule has 0 fully saturated rings. The predicted octanol–water partition coefficient (Wildman–Crippen LogP) is 3.88. The molecule has 3 nitrogen and oxygen atoms in total. The number of halogens is 1. The Hall–Kier alpha value is -1.81. The molecule has 3 aromatic rings. The minimum absolute atomic E-state index is 0.678. The van der Waals surface area contributed by atoms with Crippen molar-refractivity contribution in [2.75, 3.05) is 5.73 Å². The molecular formula is C14H12BrN3. The number of para-hydroxylation sites is 1. The molecule has 1 aromatic carbocycles. The highest BCUT2D eigenvalue weighted by molar-refractivity contribution is 9.10. The Bertz CT molecular complexity index is 714. The fraction of sp³-hybridized carbons (Fsp3) is 0.0714. The van der Waals surface area contributed by atoms with Gasteiger partial charge in [-0.15, -0.1) is 0 Å². The fourth-order valence-corrected chi connectivity index (χ4v) is 2.66. The highest BCUT2D eigenvalue weighted by atomic mass is 79.9. The zero-order valence-corrected chi connectivity index (χ0v) is 11.5. The molecule has 0 amide bonds. The van der Waals surface area contributed by atoms with Crippen LogP contribution in [0.4, 0.5) is 5.69 Å². The van der Waals surface area contributed by atoms with Crippen molar-refractivity contribution >= 4 is 32.5 Å². The van der Waals surface area contributed by atoms with E-state index < -0.39 is 0 Å². The van der Waals surface area contributed by atoms with E-state index in [4.69, 9.17) is 5.73 Å². The van der Waals surface area contributed by atoms with Gasteiger partial charge in [0.15, 0.2) is 0 Å². The van der Waals surface area contributed by atoms with Crippen LogP contribution in [0, 0.1) is 6.92 Å². The maximum Gasteiger partial charge on any atom is 0.0727 e. The van der Waals surface area contributed by atoms with Gasteiger partial charge >= 0.3 is 0 Å². The summed E-state index contributed by atoms with van der Waals surface area (Å²) >= 11 is 3.56. The summed E-state index contributed by atoms with van der Waals surface area (Å²) in [6.07, 6.45) is 1.69. The summed E-state index contributed by atoms with van der Waals surface area (Å²) in [5.41, 5.74) is 10.6. The van der Waals surface area contributed by atoms with Crippen LogP contribution >= 0.6 is 15.9 Å². The van der Waals surface area contributed by atoms with Crippen LogP contribution < -0.4 is 5.73 Å². The lowest BCUT2D eigenvalue weighted by Gasteiger charge is -2.01. The minimum Gasteiger partial charge on any atom is -0.397 e. The first-order chi connectivity index (χ1) is 8.66. The quantitative estimate of drug-likeness (QED) is 0.716. The molecule has 0 atom stereocenters. The van der Waals surface area contributed by atoms with E-state index in [1.54, 1.807) is 6.20 Å². The van der Waals surface area contributed by atoms with Gasteiger partial charge in [0, 0.05) is 21.1 Å². The van der Waals surface area contributed by atoms with Gasteiger partial charge in [0.1, 0.15) is 0 Å². The second kappa shape index (κ2) is 4.14. The van der Waals surface area contributed by atoms with E-state index >= 15 is 0 Å². The zero-order valence-electron chi connectivity index (χ0n) is 9.87. The van der Waals surface area contributed by atoms with Gasteiger partial charge in [0.05, 0.1) is 23.1 Å². The molecule has 3 rings (SSSR count). The van der Waals surface area contributed by atoms with Crippen LogP contribution in [0.5, 0.6) is 0 Å². The van der Waals surface area contributed by atoms with Gasteiger partial charge in [0.25, 0.3) is 0 Å². The summed E-state index contributed by atoms with van der Waals surface area (Å²) in [6, 6.07) is 9.97. The largest absolute Gasteiger partial charge is 0.397 e. The molecule has 0 unspecified atom stereocenters. The number of aryl methyl sites for hydroxylation is 1. The third-order valence-corrected chi connectivity index (χ3v) is 3.67. The molecule has 0 saturated carbocycles. The van der Waals surface area contributed by atoms with Crippen LogP contribution in [-0.4, -0.2) is 9.97 Å². The standard InChI is InChI=1S/C14H12BrN3/c1-8-13(12-6-5-9(16)7-17-12)10-3-2-4-11(15)14(10)18-8/h2-7,18H,16H2,1H3. The highest BCUT2D eigenvalue weighted by Gasteiger charge is 2.12. The van der Waals surface area contributed by atoms with E-state index in [2.05, 4.69) is 38.9 Å². The van der Waals surface area contributed by atoms with E-state index in [1.165, 1.54) is 5.39 Å². The van der Waals surface area contributed by atoms with Gasteiger partial charge in [-0.2, -0.15) is 0 Å². The number of pyridine rings is 1. The van der Waals surface area contributed by atoms with Gasteiger partial charge < -0.3 is 10.7 Å². The zero-order chi connectivity index (χ0) is 12.7. The first kappa shape index (κ1) is 11.3. The predicted molar refractivity (Wildman–Crippen MR) is 78.4 cm³/mol. The van der Waals surface area contributed by atoms with Crippen LogP contribution in [0.3, 0.4) is 0 Å². The smallest absolute Gasteiger partial charge is 0.0727 e. The number of benzene rings is 1. The number of hydrogen-bond acceptors (Lipinski definition) is 2. The van der Waals surface area contributed by atoms with Crippen molar-refractivity contribution in [3.8, 4) is 11.3 Å². The van der Waals surface area contributed by atoms with Gasteiger partial charge in [-0.25, -0.2) is 0 Å². The molecule has 0 aliphatic carbocycles. The molecule has 2 heterocycles. The second-order valence-electron chi connectivity index (χ2n) is 4.26. The minimum atomic E-state index is 0.678. The van der Waals surface area contributed by atoms with Crippen molar-refractivity contribution in [3.63, 3.8) is 0 Å². The topological polar surface area (TPSA) is 54.7 Å². The Kier molecular flexibility index (Phi) is 2.59. The summed E-state index contributed by atoms with van der Waals surface area (Å²) in [4.78, 5) is 7.79. The summed E-state index contributed by atoms with van der Waals surface area (Å²) in [7, 11) is 0. The van der Waals surface area contributed by atoms with Crippen molar-refractivity contribution in [3.05, 3.63) is 46.7 Å². The molecule has 0 spiro atoms. The number of nitrogens with two attached hydrogens (primary N) is 1. The fourth-order valence-electron chi connectivity index (χ4n) is 2.19. The first-order valence-electron chi connectivity index (χ1n) is 5.65. The van der Waals surface area contributed by atoms with Crippen molar-refractivity contribution < 1.29 is 0 Å². The number of fused-ring (bicyclic) bond motifs is 1. The monoisotopic (exact) mass is 301 g/mol. The normalized spacial score (nSPS) is 11.0. The Morgan fingerprint density at radius 2 is 2.06 bits per heavy atom. The maximum absolute atomic E-state index is 5.68. The number of nitrogens with zero attached hydrogens (tertiary/aromatic N) is 1. The Balaban J connectivity index is 2.32. The van der Waals surface area contributed by atoms with Gasteiger partial charge in [0.2, 0.25) is 0 Å². The van der Waals surface area contributed by atoms with Crippen molar-refractivity contribution in [2.24, 2.45) is 0 Å². The van der Waals surface area contributed by atoms with E-state index in [0.29, 0.717) is 5.69 Å². The van der Waals surface area contributed by atoms with Crippen molar-refractivity contribution in [1.82, 2.24) is 9.97 Å². The van der Waals surface area contributed by atoms with Crippen LogP contribution in [-0.2, 0) is 0 Å². The third kappa shape index (κ3) is 1.69. The summed E-state index contributed by atoms with van der Waals surface area (Å²) < 4.78 is 1.06. The van der Waals surface area contributed by atoms with Crippen LogP contribution in [0.25, 0.3) is 22.2 Å². The van der Waals surface area contributed by atoms with E-state index in [0.717, 1.165) is 26.9 Å². The summed E-state index contributed by atoms with van der Waals surface area (Å²) in [6.45, 7) is 2.06. The number of H-pyrrole nitrogens is 1. The molecule has 18 heavy (non-hydrogen) atoms. The highest BCUT2D eigenvalue weighted by Crippen LogP contribution is 2.34. The lowest BCUT2D eigenvalue weighted by Crippen LogP contribution is -1.88. The van der Waals surface area contributed by atoms with E-state index in [-0.39, 0.29) is 0 Å². The number of nitrogens with one attached hydrogen (secondary N) is 1. The third-order valence-electron chi connectivity index (χ3n) is 3.01. The lowest BCUT2D eigenvalue weighted by atomic mass is 10.1. The SMILES string of the molecule is Cc1[nH]c2c(Br)cccc2c1-c1ccc(N)cn1. The first-order valence-corrected chi connectivity index (χ1v) is 6.45. The van der Waals surface area contributed by atoms with Crippen molar-refractivity contribution in [1.29, 1.82) is 0 Å². The molecule has 0 aliphatic rings. The van der Waals surface area contributed by atoms with Gasteiger partial charge in [-0.3, -0.25) is 4.98 Å². The van der Waals surface area contributed by atoms with Gasteiger partial charge in [-0.05, 0) is 41.1 Å². The summed E-state index contributed by atoms with van der Waals surface area (Å²) in [5.74, 6) is 0. The Morgan fingerprint density at radius 3 is 2.78 bits per heavy atom. The summed E-state index contributed by atoms with van der Waals surface area (Å²) in [5, 5.41) is 1.17. The van der Waals surface area contributed by atoms with Crippen molar-refractivity contribution in [2.45, 2.75) is 6.92 Å². The second-order valence-corrected chi connectivity index (χ2v) is 5.12. The van der Waals surface area contributed by atoms with Crippen LogP contribution in [0.1, 0.15) is 5.69 Å². The lowest BCUT2D eigenvalue weighted by molar-refractivity contribution is 1.27. The number of hydrogen-bond donors (Lipinski definition) is 2. The van der Waals surface area contributed by atoms with E-state index in [1.807, 2.05) is 24.3 Å². The average molecular weight is 302 g/mol. The number of anilines is 1. The number of rotatable bonds is 1. The van der Waals surface area contributed by atoms with Crippen LogP contribution in [0.15, 0.2) is 41.0 Å².